The van der Waals surface area contributed by atoms with Crippen LogP contribution in [0.1, 0.15) is 25.7 Å². The van der Waals surface area contributed by atoms with E-state index in [-0.39, 0.29) is 0 Å². The highest BCUT2D eigenvalue weighted by molar-refractivity contribution is 4.71. The fraction of sp³-hybridized carbons (Fsp3) is 1.00. The summed E-state index contributed by atoms with van der Waals surface area (Å²) in [5.41, 5.74) is 10.6. The zero-order valence-corrected chi connectivity index (χ0v) is 10.6. The zero-order chi connectivity index (χ0) is 12.3. The first-order chi connectivity index (χ1) is 8.36. The molecule has 2 saturated heterocycles. The average molecular weight is 246 g/mol. The van der Waals surface area contributed by atoms with Gasteiger partial charge in [-0.25, -0.2) is 0 Å². The summed E-state index contributed by atoms with van der Waals surface area (Å²) >= 11 is 0. The minimum absolute atomic E-state index is 0.392. The van der Waals surface area contributed by atoms with Gasteiger partial charge in [0.2, 0.25) is 0 Å². The van der Waals surface area contributed by atoms with Crippen molar-refractivity contribution in [3.8, 4) is 0 Å². The van der Waals surface area contributed by atoms with Crippen molar-refractivity contribution in [3.05, 3.63) is 0 Å². The summed E-state index contributed by atoms with van der Waals surface area (Å²) in [6.45, 7) is 4.91. The second-order valence-electron chi connectivity index (χ2n) is 4.44. The van der Waals surface area contributed by atoms with E-state index >= 15 is 0 Å². The van der Waals surface area contributed by atoms with Crippen LogP contribution in [0, 0.1) is 0 Å². The van der Waals surface area contributed by atoms with Gasteiger partial charge < -0.3 is 25.7 Å². The molecule has 5 nitrogen and oxygen atoms in total. The number of hydrogen-bond acceptors (Lipinski definition) is 5. The standard InChI is InChI=1S/C6H16N2.C6H10O3/c7-5-3-1-2-4-6-8;1(5-3-8-5)7-2-6-4-9-6/h1-8H2;5-6H,1-4H2. The van der Waals surface area contributed by atoms with Crippen molar-refractivity contribution in [2.75, 3.05) is 39.5 Å². The van der Waals surface area contributed by atoms with Crippen LogP contribution < -0.4 is 11.5 Å². The van der Waals surface area contributed by atoms with E-state index in [1.165, 1.54) is 12.8 Å². The molecule has 17 heavy (non-hydrogen) atoms. The molecule has 102 valence electrons. The van der Waals surface area contributed by atoms with Crippen LogP contribution in [-0.4, -0.2) is 51.7 Å². The van der Waals surface area contributed by atoms with Gasteiger partial charge in [-0.3, -0.25) is 0 Å². The van der Waals surface area contributed by atoms with Crippen LogP contribution in [0.5, 0.6) is 0 Å². The van der Waals surface area contributed by atoms with Crippen molar-refractivity contribution in [3.63, 3.8) is 0 Å². The van der Waals surface area contributed by atoms with E-state index in [4.69, 9.17) is 25.7 Å². The molecule has 2 heterocycles. The summed E-state index contributed by atoms with van der Waals surface area (Å²) in [5, 5.41) is 0. The fourth-order valence-electron chi connectivity index (χ4n) is 1.30. The Hall–Kier alpha value is -0.200. The molecule has 0 saturated carbocycles. The van der Waals surface area contributed by atoms with Gasteiger partial charge in [0.25, 0.3) is 0 Å². The van der Waals surface area contributed by atoms with Crippen LogP contribution in [0.2, 0.25) is 0 Å². The van der Waals surface area contributed by atoms with Crippen LogP contribution in [0.15, 0.2) is 0 Å². The van der Waals surface area contributed by atoms with Gasteiger partial charge in [-0.15, -0.1) is 0 Å². The highest BCUT2D eigenvalue weighted by Crippen LogP contribution is 2.12. The van der Waals surface area contributed by atoms with E-state index < -0.39 is 0 Å². The first-order valence-electron chi connectivity index (χ1n) is 6.58. The van der Waals surface area contributed by atoms with Crippen LogP contribution >= 0.6 is 0 Å². The minimum Gasteiger partial charge on any atom is -0.376 e. The van der Waals surface area contributed by atoms with Gasteiger partial charge >= 0.3 is 0 Å². The van der Waals surface area contributed by atoms with E-state index in [0.29, 0.717) is 12.2 Å². The van der Waals surface area contributed by atoms with Crippen LogP contribution in [0.3, 0.4) is 0 Å². The summed E-state index contributed by atoms with van der Waals surface area (Å²) in [4.78, 5) is 0. The van der Waals surface area contributed by atoms with Gasteiger partial charge in [-0.2, -0.15) is 0 Å². The quantitative estimate of drug-likeness (QED) is 0.450. The normalized spacial score (nSPS) is 25.1. The Morgan fingerprint density at radius 1 is 0.824 bits per heavy atom. The van der Waals surface area contributed by atoms with Crippen molar-refractivity contribution in [2.45, 2.75) is 37.9 Å². The second-order valence-corrected chi connectivity index (χ2v) is 4.44. The van der Waals surface area contributed by atoms with Crippen molar-refractivity contribution >= 4 is 0 Å². The Labute approximate surface area is 104 Å². The fourth-order valence-corrected chi connectivity index (χ4v) is 1.30. The molecule has 2 aliphatic rings. The third-order valence-corrected chi connectivity index (χ3v) is 2.57. The minimum atomic E-state index is 0.392. The second kappa shape index (κ2) is 9.79. The van der Waals surface area contributed by atoms with Crippen molar-refractivity contribution in [2.24, 2.45) is 11.5 Å². The lowest BCUT2D eigenvalue weighted by molar-refractivity contribution is 0.102. The molecule has 0 aromatic carbocycles. The lowest BCUT2D eigenvalue weighted by atomic mass is 10.2. The predicted molar refractivity (Wildman–Crippen MR) is 66.9 cm³/mol. The predicted octanol–water partition coefficient (Wildman–Crippen LogP) is 0.265. The van der Waals surface area contributed by atoms with Crippen LogP contribution in [0.25, 0.3) is 0 Å². The molecule has 0 aromatic heterocycles. The maximum atomic E-state index is 5.28. The van der Waals surface area contributed by atoms with Crippen molar-refractivity contribution < 1.29 is 14.2 Å². The number of epoxide rings is 2. The first kappa shape index (κ1) is 14.9. The monoisotopic (exact) mass is 246 g/mol. The van der Waals surface area contributed by atoms with E-state index in [1.54, 1.807) is 0 Å². The smallest absolute Gasteiger partial charge is 0.104 e. The summed E-state index contributed by atoms with van der Waals surface area (Å²) < 4.78 is 15.1. The van der Waals surface area contributed by atoms with E-state index in [1.807, 2.05) is 0 Å². The summed E-state index contributed by atoms with van der Waals surface area (Å²) in [6, 6.07) is 0. The average Bonchev–Trinajstić information content (AvgIpc) is 3.19. The molecule has 0 aliphatic carbocycles. The largest absolute Gasteiger partial charge is 0.376 e. The molecule has 2 atom stereocenters. The molecular formula is C12H26N2O3. The summed E-state index contributed by atoms with van der Waals surface area (Å²) in [6.07, 6.45) is 5.58. The van der Waals surface area contributed by atoms with Crippen molar-refractivity contribution in [1.82, 2.24) is 0 Å². The molecule has 4 N–H and O–H groups in total. The number of hydrogen-bond donors (Lipinski definition) is 2. The first-order valence-corrected chi connectivity index (χ1v) is 6.58. The maximum absolute atomic E-state index is 5.28. The SMILES string of the molecule is C(OCC1CO1)C1CO1.NCCCCCCN. The Kier molecular flexibility index (Phi) is 8.56. The summed E-state index contributed by atoms with van der Waals surface area (Å²) in [7, 11) is 0. The molecule has 0 amide bonds. The molecule has 0 bridgehead atoms. The van der Waals surface area contributed by atoms with Gasteiger partial charge in [-0.05, 0) is 25.9 Å². The molecular weight excluding hydrogens is 220 g/mol. The Morgan fingerprint density at radius 2 is 1.24 bits per heavy atom. The number of rotatable bonds is 9. The Bertz CT molecular complexity index is 155. The van der Waals surface area contributed by atoms with Gasteiger partial charge in [0.1, 0.15) is 12.2 Å². The van der Waals surface area contributed by atoms with E-state index in [2.05, 4.69) is 0 Å². The van der Waals surface area contributed by atoms with Gasteiger partial charge in [0.15, 0.2) is 0 Å². The van der Waals surface area contributed by atoms with Crippen molar-refractivity contribution in [1.29, 1.82) is 0 Å². The highest BCUT2D eigenvalue weighted by Gasteiger charge is 2.26. The molecule has 2 unspecified atom stereocenters. The lowest BCUT2D eigenvalue weighted by Gasteiger charge is -1.95. The third kappa shape index (κ3) is 10.7. The molecule has 2 fully saturated rings. The van der Waals surface area contributed by atoms with E-state index in [0.717, 1.165) is 52.4 Å². The van der Waals surface area contributed by atoms with Gasteiger partial charge in [-0.1, -0.05) is 12.8 Å². The molecule has 0 radical (unpaired) electrons. The van der Waals surface area contributed by atoms with Crippen LogP contribution in [-0.2, 0) is 14.2 Å². The molecule has 0 aromatic rings. The van der Waals surface area contributed by atoms with E-state index in [9.17, 15) is 0 Å². The third-order valence-electron chi connectivity index (χ3n) is 2.57. The van der Waals surface area contributed by atoms with Gasteiger partial charge in [0.05, 0.1) is 26.4 Å². The Balaban J connectivity index is 0.000000172. The topological polar surface area (TPSA) is 86.3 Å². The Morgan fingerprint density at radius 3 is 1.53 bits per heavy atom. The molecule has 2 aliphatic heterocycles. The number of unbranched alkanes of at least 4 members (excludes halogenated alkanes) is 3. The maximum Gasteiger partial charge on any atom is 0.104 e. The molecule has 2 rings (SSSR count). The highest BCUT2D eigenvalue weighted by atomic mass is 16.6. The molecule has 5 heteroatoms. The zero-order valence-electron chi connectivity index (χ0n) is 10.6. The lowest BCUT2D eigenvalue weighted by Crippen LogP contribution is -2.06. The summed E-state index contributed by atoms with van der Waals surface area (Å²) in [5.74, 6) is 0. The number of nitrogens with two attached hydrogens (primary N) is 2. The number of ether oxygens (including phenoxy) is 3. The molecule has 0 spiro atoms. The van der Waals surface area contributed by atoms with Gasteiger partial charge in [0, 0.05) is 0 Å². The van der Waals surface area contributed by atoms with Crippen LogP contribution in [0.4, 0.5) is 0 Å².